The molecule has 1 aromatic carbocycles. The first kappa shape index (κ1) is 22.2. The van der Waals surface area contributed by atoms with Crippen LogP contribution in [0.3, 0.4) is 0 Å². The Balaban J connectivity index is 1.74. The minimum Gasteiger partial charge on any atom is -0.481 e. The van der Waals surface area contributed by atoms with E-state index in [0.717, 1.165) is 59.7 Å². The second-order valence-corrected chi connectivity index (χ2v) is 10.6. The Hall–Kier alpha value is -2.05. The molecule has 1 aliphatic heterocycles. The second-order valence-electron chi connectivity index (χ2n) is 9.73. The Bertz CT molecular complexity index is 958. The standard InChI is InChI=1S/C25H33N3O2S/c1-16-21(15-22(29)30)24(28-13-11-25(3,4)12-14-28)23(17(2)26-16)18-5-9-20(10-6-18)31-27-19-7-8-19/h5-6,9-10,19,27H,7-8,11-15H2,1-4H3,(H,29,30). The van der Waals surface area contributed by atoms with Gasteiger partial charge in [-0.2, -0.15) is 0 Å². The summed E-state index contributed by atoms with van der Waals surface area (Å²) in [7, 11) is 0. The minimum atomic E-state index is -0.809. The van der Waals surface area contributed by atoms with Gasteiger partial charge in [-0.1, -0.05) is 26.0 Å². The third-order valence-electron chi connectivity index (χ3n) is 6.48. The van der Waals surface area contributed by atoms with Gasteiger partial charge in [-0.3, -0.25) is 14.5 Å². The SMILES string of the molecule is Cc1nc(C)c(-c2ccc(SNC3CC3)cc2)c(N2CCC(C)(C)CC2)c1CC(=O)O. The summed E-state index contributed by atoms with van der Waals surface area (Å²) in [6.07, 6.45) is 4.73. The highest BCUT2D eigenvalue weighted by Crippen LogP contribution is 2.41. The van der Waals surface area contributed by atoms with Crippen molar-refractivity contribution < 1.29 is 9.90 Å². The average molecular weight is 440 g/mol. The van der Waals surface area contributed by atoms with Crippen molar-refractivity contribution >= 4 is 23.6 Å². The molecule has 1 aliphatic carbocycles. The van der Waals surface area contributed by atoms with E-state index in [2.05, 4.69) is 47.7 Å². The molecule has 0 spiro atoms. The van der Waals surface area contributed by atoms with Gasteiger partial charge in [0.1, 0.15) is 0 Å². The van der Waals surface area contributed by atoms with Crippen LogP contribution < -0.4 is 9.62 Å². The van der Waals surface area contributed by atoms with Crippen molar-refractivity contribution in [1.29, 1.82) is 0 Å². The average Bonchev–Trinajstić information content (AvgIpc) is 3.53. The molecule has 1 saturated heterocycles. The van der Waals surface area contributed by atoms with Crippen molar-refractivity contribution in [3.8, 4) is 11.1 Å². The summed E-state index contributed by atoms with van der Waals surface area (Å²) in [5, 5.41) is 9.62. The van der Waals surface area contributed by atoms with Gasteiger partial charge in [-0.25, -0.2) is 0 Å². The number of aromatic nitrogens is 1. The quantitative estimate of drug-likeness (QED) is 0.565. The van der Waals surface area contributed by atoms with Crippen LogP contribution in [0.5, 0.6) is 0 Å². The van der Waals surface area contributed by atoms with Crippen molar-refractivity contribution in [2.75, 3.05) is 18.0 Å². The molecule has 0 unspecified atom stereocenters. The van der Waals surface area contributed by atoms with E-state index in [-0.39, 0.29) is 6.42 Å². The molecule has 0 amide bonds. The fraction of sp³-hybridized carbons (Fsp3) is 0.520. The van der Waals surface area contributed by atoms with Crippen LogP contribution in [-0.4, -0.2) is 35.2 Å². The van der Waals surface area contributed by atoms with Gasteiger partial charge in [-0.15, -0.1) is 0 Å². The van der Waals surface area contributed by atoms with Crippen molar-refractivity contribution in [2.45, 2.75) is 70.7 Å². The lowest BCUT2D eigenvalue weighted by Gasteiger charge is -2.40. The Kier molecular flexibility index (Phi) is 6.31. The molecule has 166 valence electrons. The van der Waals surface area contributed by atoms with Gasteiger partial charge in [0.2, 0.25) is 0 Å². The largest absolute Gasteiger partial charge is 0.481 e. The van der Waals surface area contributed by atoms with Gasteiger partial charge in [0.05, 0.1) is 12.1 Å². The van der Waals surface area contributed by atoms with Gasteiger partial charge < -0.3 is 10.0 Å². The third-order valence-corrected chi connectivity index (χ3v) is 7.44. The van der Waals surface area contributed by atoms with E-state index in [0.29, 0.717) is 11.5 Å². The van der Waals surface area contributed by atoms with Crippen LogP contribution >= 0.6 is 11.9 Å². The molecule has 2 aliphatic rings. The summed E-state index contributed by atoms with van der Waals surface area (Å²) in [6.45, 7) is 10.5. The van der Waals surface area contributed by atoms with Crippen LogP contribution in [0.25, 0.3) is 11.1 Å². The Labute approximate surface area is 189 Å². The lowest BCUT2D eigenvalue weighted by Crippen LogP contribution is -2.38. The van der Waals surface area contributed by atoms with Crippen molar-refractivity contribution in [3.63, 3.8) is 0 Å². The van der Waals surface area contributed by atoms with Gasteiger partial charge >= 0.3 is 5.97 Å². The summed E-state index contributed by atoms with van der Waals surface area (Å²) in [6, 6.07) is 9.25. The maximum atomic E-state index is 11.7. The Morgan fingerprint density at radius 3 is 2.39 bits per heavy atom. The van der Waals surface area contributed by atoms with Gasteiger partial charge in [-0.05, 0) is 74.6 Å². The fourth-order valence-corrected chi connectivity index (χ4v) is 5.11. The second kappa shape index (κ2) is 8.83. The first-order valence-corrected chi connectivity index (χ1v) is 12.0. The number of pyridine rings is 1. The Morgan fingerprint density at radius 2 is 1.81 bits per heavy atom. The molecule has 0 bridgehead atoms. The van der Waals surface area contributed by atoms with E-state index in [1.165, 1.54) is 17.7 Å². The molecule has 2 aromatic rings. The number of carboxylic acid groups (broad SMARTS) is 1. The molecular weight excluding hydrogens is 406 g/mol. The molecule has 31 heavy (non-hydrogen) atoms. The lowest BCUT2D eigenvalue weighted by atomic mass is 9.82. The molecule has 0 atom stereocenters. The Morgan fingerprint density at radius 1 is 1.16 bits per heavy atom. The molecular formula is C25H33N3O2S. The smallest absolute Gasteiger partial charge is 0.307 e. The molecule has 6 heteroatoms. The van der Waals surface area contributed by atoms with Crippen LogP contribution in [0.2, 0.25) is 0 Å². The summed E-state index contributed by atoms with van der Waals surface area (Å²) in [4.78, 5) is 20.1. The topological polar surface area (TPSA) is 65.5 Å². The maximum Gasteiger partial charge on any atom is 0.307 e. The van der Waals surface area contributed by atoms with Crippen LogP contribution in [0, 0.1) is 19.3 Å². The van der Waals surface area contributed by atoms with Gasteiger partial charge in [0.15, 0.2) is 0 Å². The number of rotatable bonds is 7. The van der Waals surface area contributed by atoms with E-state index in [4.69, 9.17) is 4.98 Å². The number of piperidine rings is 1. The molecule has 4 rings (SSSR count). The van der Waals surface area contributed by atoms with E-state index in [1.54, 1.807) is 11.9 Å². The first-order valence-electron chi connectivity index (χ1n) is 11.2. The zero-order valence-corrected chi connectivity index (χ0v) is 19.8. The number of carboxylic acids is 1. The van der Waals surface area contributed by atoms with E-state index in [1.807, 2.05) is 13.8 Å². The number of nitrogens with one attached hydrogen (secondary N) is 1. The molecule has 5 nitrogen and oxygen atoms in total. The molecule has 2 fully saturated rings. The molecule has 0 radical (unpaired) electrons. The predicted molar refractivity (Wildman–Crippen MR) is 128 cm³/mol. The summed E-state index contributed by atoms with van der Waals surface area (Å²) >= 11 is 1.69. The maximum absolute atomic E-state index is 11.7. The number of benzene rings is 1. The predicted octanol–water partition coefficient (Wildman–Crippen LogP) is 5.38. The van der Waals surface area contributed by atoms with Crippen LogP contribution in [0.15, 0.2) is 29.2 Å². The normalized spacial score (nSPS) is 18.3. The fourth-order valence-electron chi connectivity index (χ4n) is 4.30. The van der Waals surface area contributed by atoms with Crippen molar-refractivity contribution in [3.05, 3.63) is 41.2 Å². The van der Waals surface area contributed by atoms with Crippen LogP contribution in [0.4, 0.5) is 5.69 Å². The highest BCUT2D eigenvalue weighted by Gasteiger charge is 2.30. The van der Waals surface area contributed by atoms with Gasteiger partial charge in [0, 0.05) is 46.5 Å². The number of aryl methyl sites for hydroxylation is 2. The monoisotopic (exact) mass is 439 g/mol. The zero-order valence-electron chi connectivity index (χ0n) is 19.0. The van der Waals surface area contributed by atoms with Crippen LogP contribution in [0.1, 0.15) is 56.5 Å². The first-order chi connectivity index (χ1) is 14.7. The number of anilines is 1. The van der Waals surface area contributed by atoms with Crippen molar-refractivity contribution in [1.82, 2.24) is 9.71 Å². The van der Waals surface area contributed by atoms with Crippen LogP contribution in [-0.2, 0) is 11.2 Å². The van der Waals surface area contributed by atoms with E-state index in [9.17, 15) is 9.90 Å². The van der Waals surface area contributed by atoms with Gasteiger partial charge in [0.25, 0.3) is 0 Å². The highest BCUT2D eigenvalue weighted by molar-refractivity contribution is 7.97. The lowest BCUT2D eigenvalue weighted by molar-refractivity contribution is -0.136. The minimum absolute atomic E-state index is 0.000579. The summed E-state index contributed by atoms with van der Waals surface area (Å²) in [5.74, 6) is -0.809. The summed E-state index contributed by atoms with van der Waals surface area (Å²) in [5.41, 5.74) is 6.21. The third kappa shape index (κ3) is 5.24. The van der Waals surface area contributed by atoms with Crippen molar-refractivity contribution in [2.24, 2.45) is 5.41 Å². The molecule has 2 heterocycles. The number of hydrogen-bond acceptors (Lipinski definition) is 5. The molecule has 2 N–H and O–H groups in total. The molecule has 1 saturated carbocycles. The highest BCUT2D eigenvalue weighted by atomic mass is 32.2. The zero-order chi connectivity index (χ0) is 22.2. The van der Waals surface area contributed by atoms with E-state index < -0.39 is 5.97 Å². The summed E-state index contributed by atoms with van der Waals surface area (Å²) < 4.78 is 3.48. The number of aliphatic carboxylic acids is 1. The molecule has 1 aromatic heterocycles. The number of carbonyl (C=O) groups is 1. The number of nitrogens with zero attached hydrogens (tertiary/aromatic N) is 2. The number of hydrogen-bond donors (Lipinski definition) is 2. The van der Waals surface area contributed by atoms with E-state index >= 15 is 0 Å².